The Hall–Kier alpha value is -0.850. The summed E-state index contributed by atoms with van der Waals surface area (Å²) < 4.78 is 26.3. The second-order valence-electron chi connectivity index (χ2n) is 4.66. The molecule has 0 bridgehead atoms. The summed E-state index contributed by atoms with van der Waals surface area (Å²) in [6.07, 6.45) is 0.585. The lowest BCUT2D eigenvalue weighted by atomic mass is 10.2. The van der Waals surface area contributed by atoms with Crippen molar-refractivity contribution in [3.63, 3.8) is 0 Å². The van der Waals surface area contributed by atoms with Crippen molar-refractivity contribution < 1.29 is 8.42 Å². The fourth-order valence-corrected chi connectivity index (χ4v) is 3.10. The molecule has 106 valence electrons. The largest absolute Gasteiger partial charge is 0.389 e. The van der Waals surface area contributed by atoms with E-state index in [-0.39, 0.29) is 10.7 Å². The molecule has 0 radical (unpaired) electrons. The molecule has 7 heteroatoms. The number of hydrogen-bond donors (Lipinski definition) is 2. The molecule has 0 aliphatic rings. The Labute approximate surface area is 124 Å². The van der Waals surface area contributed by atoms with E-state index in [1.54, 1.807) is 12.1 Å². The second kappa shape index (κ2) is 6.54. The van der Waals surface area contributed by atoms with Gasteiger partial charge in [0.25, 0.3) is 0 Å². The molecule has 1 rings (SSSR count). The minimum absolute atomic E-state index is 0.0539. The minimum atomic E-state index is -3.41. The van der Waals surface area contributed by atoms with Crippen LogP contribution < -0.4 is 10.5 Å². The monoisotopic (exact) mass is 320 g/mol. The molecule has 0 aliphatic carbocycles. The first kappa shape index (κ1) is 16.2. The Kier molecular flexibility index (Phi) is 5.58. The van der Waals surface area contributed by atoms with Crippen LogP contribution >= 0.6 is 23.8 Å². The second-order valence-corrected chi connectivity index (χ2v) is 7.35. The van der Waals surface area contributed by atoms with Crippen LogP contribution in [-0.2, 0) is 10.0 Å². The third-order valence-corrected chi connectivity index (χ3v) is 4.35. The third-order valence-electron chi connectivity index (χ3n) is 2.48. The van der Waals surface area contributed by atoms with E-state index in [1.165, 1.54) is 6.07 Å². The Morgan fingerprint density at radius 1 is 1.47 bits per heavy atom. The topological polar surface area (TPSA) is 72.2 Å². The van der Waals surface area contributed by atoms with Crippen LogP contribution in [0.4, 0.5) is 5.69 Å². The maximum Gasteiger partial charge on any atom is 0.232 e. The molecule has 0 fully saturated rings. The van der Waals surface area contributed by atoms with Crippen LogP contribution in [0.2, 0.25) is 5.02 Å². The number of hydrogen-bond acceptors (Lipinski definition) is 3. The molecular formula is C12H17ClN2O2S2. The molecule has 0 unspecified atom stereocenters. The molecule has 0 amide bonds. The lowest BCUT2D eigenvalue weighted by Gasteiger charge is -2.11. The highest BCUT2D eigenvalue weighted by atomic mass is 35.5. The molecule has 1 aromatic rings. The summed E-state index contributed by atoms with van der Waals surface area (Å²) in [4.78, 5) is 0.194. The van der Waals surface area contributed by atoms with E-state index < -0.39 is 10.0 Å². The first-order chi connectivity index (χ1) is 8.71. The summed E-state index contributed by atoms with van der Waals surface area (Å²) in [5, 5.41) is 0.313. The van der Waals surface area contributed by atoms with Crippen molar-refractivity contribution in [2.45, 2.75) is 20.3 Å². The summed E-state index contributed by atoms with van der Waals surface area (Å²) in [7, 11) is -3.41. The standard InChI is InChI=1S/C12H17ClN2O2S2/c1-8(2)5-6-19(16,17)15-11-7-9(12(14)18)3-4-10(11)13/h3-4,7-8,15H,5-6H2,1-2H3,(H2,14,18). The summed E-state index contributed by atoms with van der Waals surface area (Å²) in [5.74, 6) is 0.369. The first-order valence-electron chi connectivity index (χ1n) is 5.81. The molecule has 4 nitrogen and oxygen atoms in total. The Balaban J connectivity index is 2.92. The summed E-state index contributed by atoms with van der Waals surface area (Å²) in [6.45, 7) is 3.94. The summed E-state index contributed by atoms with van der Waals surface area (Å²) >= 11 is 10.8. The van der Waals surface area contributed by atoms with E-state index in [4.69, 9.17) is 29.6 Å². The van der Waals surface area contributed by atoms with Crippen LogP contribution in [0.3, 0.4) is 0 Å². The number of nitrogens with two attached hydrogens (primary N) is 1. The van der Waals surface area contributed by atoms with Crippen LogP contribution in [0.25, 0.3) is 0 Å². The maximum absolute atomic E-state index is 11.9. The van der Waals surface area contributed by atoms with Gasteiger partial charge in [-0.3, -0.25) is 4.72 Å². The van der Waals surface area contributed by atoms with Gasteiger partial charge in [-0.05, 0) is 24.5 Å². The molecule has 0 saturated carbocycles. The predicted octanol–water partition coefficient (Wildman–Crippen LogP) is 2.76. The molecule has 0 spiro atoms. The van der Waals surface area contributed by atoms with Crippen LogP contribution in [0, 0.1) is 5.92 Å². The predicted molar refractivity (Wildman–Crippen MR) is 84.2 cm³/mol. The van der Waals surface area contributed by atoms with Crippen molar-refractivity contribution >= 4 is 44.5 Å². The minimum Gasteiger partial charge on any atom is -0.389 e. The van der Waals surface area contributed by atoms with Gasteiger partial charge in [-0.15, -0.1) is 0 Å². The van der Waals surface area contributed by atoms with Crippen molar-refractivity contribution in [3.8, 4) is 0 Å². The number of benzene rings is 1. The number of rotatable bonds is 6. The van der Waals surface area contributed by atoms with E-state index in [2.05, 4.69) is 4.72 Å². The van der Waals surface area contributed by atoms with Crippen LogP contribution in [-0.4, -0.2) is 19.2 Å². The third kappa shape index (κ3) is 5.34. The van der Waals surface area contributed by atoms with Gasteiger partial charge >= 0.3 is 0 Å². The van der Waals surface area contributed by atoms with Gasteiger partial charge in [0.1, 0.15) is 4.99 Å². The van der Waals surface area contributed by atoms with Crippen molar-refractivity contribution in [3.05, 3.63) is 28.8 Å². The molecule has 19 heavy (non-hydrogen) atoms. The number of sulfonamides is 1. The number of anilines is 1. The highest BCUT2D eigenvalue weighted by Crippen LogP contribution is 2.24. The highest BCUT2D eigenvalue weighted by Gasteiger charge is 2.14. The van der Waals surface area contributed by atoms with Crippen molar-refractivity contribution in [1.29, 1.82) is 0 Å². The fourth-order valence-electron chi connectivity index (χ4n) is 1.37. The average molecular weight is 321 g/mol. The van der Waals surface area contributed by atoms with Gasteiger partial charge in [-0.1, -0.05) is 43.7 Å². The van der Waals surface area contributed by atoms with E-state index in [1.807, 2.05) is 13.8 Å². The van der Waals surface area contributed by atoms with Gasteiger partial charge in [0.15, 0.2) is 0 Å². The molecule has 0 heterocycles. The van der Waals surface area contributed by atoms with Crippen LogP contribution in [0.1, 0.15) is 25.8 Å². The molecular weight excluding hydrogens is 304 g/mol. The van der Waals surface area contributed by atoms with Gasteiger partial charge in [0.2, 0.25) is 10.0 Å². The first-order valence-corrected chi connectivity index (χ1v) is 8.25. The SMILES string of the molecule is CC(C)CCS(=O)(=O)Nc1cc(C(N)=S)ccc1Cl. The smallest absolute Gasteiger partial charge is 0.232 e. The number of halogens is 1. The van der Waals surface area contributed by atoms with E-state index in [0.29, 0.717) is 28.6 Å². The summed E-state index contributed by atoms with van der Waals surface area (Å²) in [5.41, 5.74) is 6.38. The Morgan fingerprint density at radius 3 is 2.63 bits per heavy atom. The van der Waals surface area contributed by atoms with Crippen molar-refractivity contribution in [1.82, 2.24) is 0 Å². The zero-order chi connectivity index (χ0) is 14.6. The lowest BCUT2D eigenvalue weighted by molar-refractivity contribution is 0.578. The quantitative estimate of drug-likeness (QED) is 0.791. The fraction of sp³-hybridized carbons (Fsp3) is 0.417. The molecule has 0 aliphatic heterocycles. The van der Waals surface area contributed by atoms with Crippen molar-refractivity contribution in [2.24, 2.45) is 11.7 Å². The van der Waals surface area contributed by atoms with Gasteiger partial charge in [-0.25, -0.2) is 8.42 Å². The molecule has 3 N–H and O–H groups in total. The highest BCUT2D eigenvalue weighted by molar-refractivity contribution is 7.92. The molecule has 0 aromatic heterocycles. The number of nitrogens with one attached hydrogen (secondary N) is 1. The van der Waals surface area contributed by atoms with Gasteiger partial charge in [0, 0.05) is 5.56 Å². The molecule has 0 atom stereocenters. The molecule has 1 aromatic carbocycles. The molecule has 0 saturated heterocycles. The normalized spacial score (nSPS) is 11.6. The van der Waals surface area contributed by atoms with Gasteiger partial charge in [0.05, 0.1) is 16.5 Å². The zero-order valence-corrected chi connectivity index (χ0v) is 13.2. The van der Waals surface area contributed by atoms with Gasteiger partial charge in [-0.2, -0.15) is 0 Å². The van der Waals surface area contributed by atoms with Crippen LogP contribution in [0.5, 0.6) is 0 Å². The van der Waals surface area contributed by atoms with E-state index >= 15 is 0 Å². The average Bonchev–Trinajstić information content (AvgIpc) is 2.29. The maximum atomic E-state index is 11.9. The zero-order valence-electron chi connectivity index (χ0n) is 10.8. The van der Waals surface area contributed by atoms with Crippen molar-refractivity contribution in [2.75, 3.05) is 10.5 Å². The number of thiocarbonyl (C=S) groups is 1. The van der Waals surface area contributed by atoms with E-state index in [9.17, 15) is 8.42 Å². The Morgan fingerprint density at radius 2 is 2.11 bits per heavy atom. The van der Waals surface area contributed by atoms with E-state index in [0.717, 1.165) is 0 Å². The Bertz CT molecular complexity index is 571. The lowest BCUT2D eigenvalue weighted by Crippen LogP contribution is -2.19. The summed E-state index contributed by atoms with van der Waals surface area (Å²) in [6, 6.07) is 4.75. The van der Waals surface area contributed by atoms with Crippen LogP contribution in [0.15, 0.2) is 18.2 Å². The van der Waals surface area contributed by atoms with Gasteiger partial charge < -0.3 is 5.73 Å².